The third kappa shape index (κ3) is 1.62. The van der Waals surface area contributed by atoms with Gasteiger partial charge in [0.05, 0.1) is 5.69 Å². The maximum atomic E-state index is 4.37. The van der Waals surface area contributed by atoms with Crippen LogP contribution in [0.4, 0.5) is 0 Å². The fraction of sp³-hybridized carbons (Fsp3) is 0.444. The summed E-state index contributed by atoms with van der Waals surface area (Å²) in [6, 6.07) is 4.11. The van der Waals surface area contributed by atoms with Crippen LogP contribution in [0.15, 0.2) is 23.2 Å². The molecule has 1 aliphatic rings. The van der Waals surface area contributed by atoms with Crippen LogP contribution in [-0.4, -0.2) is 11.5 Å². The van der Waals surface area contributed by atoms with Gasteiger partial charge in [-0.2, -0.15) is 0 Å². The van der Waals surface area contributed by atoms with E-state index in [2.05, 4.69) is 22.7 Å². The summed E-state index contributed by atoms with van der Waals surface area (Å²) < 4.78 is 3.33. The maximum Gasteiger partial charge on any atom is 0.0555 e. The van der Waals surface area contributed by atoms with Crippen molar-refractivity contribution in [2.45, 2.75) is 18.2 Å². The standard InChI is InChI=1S/C9H12N2S/c1-7-5-8-9(12-11-6-7)3-2-4-10-8/h2-4,7,11H,5-6H2,1H3. The van der Waals surface area contributed by atoms with Crippen molar-refractivity contribution in [3.05, 3.63) is 24.0 Å². The van der Waals surface area contributed by atoms with E-state index in [0.29, 0.717) is 5.92 Å². The first-order valence-corrected chi connectivity index (χ1v) is 5.01. The van der Waals surface area contributed by atoms with Crippen molar-refractivity contribution in [3.8, 4) is 0 Å². The number of rotatable bonds is 0. The summed E-state index contributed by atoms with van der Waals surface area (Å²) in [4.78, 5) is 5.65. The molecule has 3 heteroatoms. The predicted octanol–water partition coefficient (Wildman–Crippen LogP) is 1.87. The zero-order chi connectivity index (χ0) is 8.39. The zero-order valence-corrected chi connectivity index (χ0v) is 7.90. The molecule has 0 aromatic carbocycles. The molecule has 1 aromatic rings. The molecule has 64 valence electrons. The minimum atomic E-state index is 0.689. The molecule has 2 heterocycles. The van der Waals surface area contributed by atoms with Gasteiger partial charge in [0.25, 0.3) is 0 Å². The lowest BCUT2D eigenvalue weighted by Gasteiger charge is -2.04. The summed E-state index contributed by atoms with van der Waals surface area (Å²) in [5.74, 6) is 0.689. The highest BCUT2D eigenvalue weighted by Crippen LogP contribution is 2.23. The molecule has 0 amide bonds. The summed E-state index contributed by atoms with van der Waals surface area (Å²) in [6.45, 7) is 3.32. The largest absolute Gasteiger partial charge is 0.260 e. The second kappa shape index (κ2) is 3.46. The predicted molar refractivity (Wildman–Crippen MR) is 51.0 cm³/mol. The summed E-state index contributed by atoms with van der Waals surface area (Å²) in [6.07, 6.45) is 2.97. The number of hydrogen-bond acceptors (Lipinski definition) is 3. The van der Waals surface area contributed by atoms with Gasteiger partial charge in [-0.15, -0.1) is 0 Å². The minimum Gasteiger partial charge on any atom is -0.260 e. The fourth-order valence-electron chi connectivity index (χ4n) is 1.33. The van der Waals surface area contributed by atoms with Gasteiger partial charge >= 0.3 is 0 Å². The molecule has 1 N–H and O–H groups in total. The Bertz CT molecular complexity index is 275. The Morgan fingerprint density at radius 3 is 3.50 bits per heavy atom. The van der Waals surface area contributed by atoms with Crippen LogP contribution in [0.2, 0.25) is 0 Å². The van der Waals surface area contributed by atoms with E-state index in [4.69, 9.17) is 0 Å². The molecule has 0 bridgehead atoms. The van der Waals surface area contributed by atoms with Crippen molar-refractivity contribution in [1.82, 2.24) is 9.71 Å². The average Bonchev–Trinajstić information content (AvgIpc) is 2.25. The number of hydrogen-bond donors (Lipinski definition) is 1. The molecule has 0 saturated carbocycles. The van der Waals surface area contributed by atoms with Crippen LogP contribution in [0, 0.1) is 5.92 Å². The number of pyridine rings is 1. The van der Waals surface area contributed by atoms with Crippen LogP contribution in [-0.2, 0) is 6.42 Å². The van der Waals surface area contributed by atoms with Crippen molar-refractivity contribution < 1.29 is 0 Å². The number of nitrogens with one attached hydrogen (secondary N) is 1. The molecule has 0 spiro atoms. The number of nitrogens with zero attached hydrogens (tertiary/aromatic N) is 1. The lowest BCUT2D eigenvalue weighted by molar-refractivity contribution is 0.570. The highest BCUT2D eigenvalue weighted by molar-refractivity contribution is 7.97. The van der Waals surface area contributed by atoms with Crippen molar-refractivity contribution in [2.24, 2.45) is 5.92 Å². The van der Waals surface area contributed by atoms with E-state index in [9.17, 15) is 0 Å². The lowest BCUT2D eigenvalue weighted by atomic mass is 10.1. The maximum absolute atomic E-state index is 4.37. The van der Waals surface area contributed by atoms with E-state index >= 15 is 0 Å². The Hall–Kier alpha value is -0.540. The molecule has 0 saturated heterocycles. The fourth-order valence-corrected chi connectivity index (χ4v) is 2.26. The molecule has 1 aromatic heterocycles. The van der Waals surface area contributed by atoms with E-state index in [-0.39, 0.29) is 0 Å². The van der Waals surface area contributed by atoms with Gasteiger partial charge < -0.3 is 0 Å². The molecule has 1 unspecified atom stereocenters. The van der Waals surface area contributed by atoms with Gasteiger partial charge in [0.1, 0.15) is 0 Å². The van der Waals surface area contributed by atoms with Crippen LogP contribution in [0.25, 0.3) is 0 Å². The minimum absolute atomic E-state index is 0.689. The van der Waals surface area contributed by atoms with Crippen LogP contribution in [0.1, 0.15) is 12.6 Å². The molecule has 1 atom stereocenters. The lowest BCUT2D eigenvalue weighted by Crippen LogP contribution is -2.12. The Balaban J connectivity index is 2.31. The van der Waals surface area contributed by atoms with Gasteiger partial charge in [-0.05, 0) is 36.4 Å². The molecule has 0 fully saturated rings. The molecular weight excluding hydrogens is 168 g/mol. The highest BCUT2D eigenvalue weighted by atomic mass is 32.2. The first kappa shape index (κ1) is 8.08. The third-order valence-electron chi connectivity index (χ3n) is 2.00. The molecule has 1 aliphatic heterocycles. The second-order valence-electron chi connectivity index (χ2n) is 3.21. The van der Waals surface area contributed by atoms with Crippen molar-refractivity contribution in [2.75, 3.05) is 6.54 Å². The van der Waals surface area contributed by atoms with Crippen LogP contribution in [0.5, 0.6) is 0 Å². The summed E-state index contributed by atoms with van der Waals surface area (Å²) in [7, 11) is 0. The Morgan fingerprint density at radius 2 is 2.58 bits per heavy atom. The average molecular weight is 180 g/mol. The second-order valence-corrected chi connectivity index (χ2v) is 4.14. The molecule has 0 radical (unpaired) electrons. The molecule has 2 rings (SSSR count). The van der Waals surface area contributed by atoms with Gasteiger partial charge in [0.2, 0.25) is 0 Å². The molecular formula is C9H12N2S. The summed E-state index contributed by atoms with van der Waals surface area (Å²) in [5.41, 5.74) is 1.24. The third-order valence-corrected chi connectivity index (χ3v) is 2.91. The van der Waals surface area contributed by atoms with E-state index in [0.717, 1.165) is 13.0 Å². The highest BCUT2D eigenvalue weighted by Gasteiger charge is 2.13. The van der Waals surface area contributed by atoms with Crippen LogP contribution >= 0.6 is 11.9 Å². The normalized spacial score (nSPS) is 22.9. The van der Waals surface area contributed by atoms with Gasteiger partial charge in [0, 0.05) is 17.6 Å². The molecule has 0 aliphatic carbocycles. The van der Waals surface area contributed by atoms with E-state index in [1.165, 1.54) is 10.6 Å². The molecule has 12 heavy (non-hydrogen) atoms. The first-order valence-electron chi connectivity index (χ1n) is 4.20. The van der Waals surface area contributed by atoms with Crippen molar-refractivity contribution >= 4 is 11.9 Å². The number of fused-ring (bicyclic) bond motifs is 1. The Labute approximate surface area is 76.9 Å². The Kier molecular flexibility index (Phi) is 2.33. The van der Waals surface area contributed by atoms with E-state index in [1.807, 2.05) is 12.3 Å². The van der Waals surface area contributed by atoms with E-state index in [1.54, 1.807) is 11.9 Å². The van der Waals surface area contributed by atoms with Crippen molar-refractivity contribution in [1.29, 1.82) is 0 Å². The zero-order valence-electron chi connectivity index (χ0n) is 7.08. The quantitative estimate of drug-likeness (QED) is 0.617. The monoisotopic (exact) mass is 180 g/mol. The van der Waals surface area contributed by atoms with Gasteiger partial charge in [0.15, 0.2) is 0 Å². The smallest absolute Gasteiger partial charge is 0.0555 e. The van der Waals surface area contributed by atoms with Gasteiger partial charge in [-0.25, -0.2) is 0 Å². The summed E-state index contributed by atoms with van der Waals surface area (Å²) in [5, 5.41) is 0. The number of aromatic nitrogens is 1. The van der Waals surface area contributed by atoms with Crippen LogP contribution < -0.4 is 4.72 Å². The van der Waals surface area contributed by atoms with Crippen LogP contribution in [0.3, 0.4) is 0 Å². The van der Waals surface area contributed by atoms with Gasteiger partial charge in [-0.3, -0.25) is 9.71 Å². The molecule has 2 nitrogen and oxygen atoms in total. The SMILES string of the molecule is CC1CNSc2cccnc2C1. The van der Waals surface area contributed by atoms with E-state index < -0.39 is 0 Å². The van der Waals surface area contributed by atoms with Crippen molar-refractivity contribution in [3.63, 3.8) is 0 Å². The topological polar surface area (TPSA) is 24.9 Å². The first-order chi connectivity index (χ1) is 5.86. The van der Waals surface area contributed by atoms with Gasteiger partial charge in [-0.1, -0.05) is 6.92 Å². The Morgan fingerprint density at radius 1 is 1.67 bits per heavy atom. The summed E-state index contributed by atoms with van der Waals surface area (Å²) >= 11 is 1.70.